The van der Waals surface area contributed by atoms with E-state index in [9.17, 15) is 9.90 Å². The number of hydrogen-bond acceptors (Lipinski definition) is 2. The highest BCUT2D eigenvalue weighted by Crippen LogP contribution is 2.24. The van der Waals surface area contributed by atoms with Crippen LogP contribution in [0.5, 0.6) is 0 Å². The molecule has 4 heteroatoms. The first-order chi connectivity index (χ1) is 15.2. The molecule has 192 valence electrons. The molecule has 0 fully saturated rings. The van der Waals surface area contributed by atoms with Crippen LogP contribution in [-0.2, 0) is 4.79 Å². The number of likely N-dealkylation sites (N-methyl/N-ethyl adjacent to an activating group) is 1. The van der Waals surface area contributed by atoms with Crippen molar-refractivity contribution in [2.24, 2.45) is 0 Å². The molecule has 0 radical (unpaired) electrons. The third kappa shape index (κ3) is 20.0. The molecule has 0 amide bonds. The number of quaternary nitrogens is 1. The number of carbonyl (C=O) groups is 1. The fraction of sp³-hybridized carbons (Fsp3) is 0.964. The van der Waals surface area contributed by atoms with Gasteiger partial charge in [-0.15, -0.1) is 0 Å². The Morgan fingerprint density at radius 3 is 1.56 bits per heavy atom. The molecule has 0 bridgehead atoms. The second-order valence-corrected chi connectivity index (χ2v) is 10.9. The van der Waals surface area contributed by atoms with Gasteiger partial charge in [0.2, 0.25) is 0 Å². The zero-order valence-corrected chi connectivity index (χ0v) is 22.3. The summed E-state index contributed by atoms with van der Waals surface area (Å²) in [7, 11) is 4.39. The highest BCUT2D eigenvalue weighted by Gasteiger charge is 2.32. The molecule has 0 aliphatic carbocycles. The van der Waals surface area contributed by atoms with Crippen molar-refractivity contribution in [1.29, 1.82) is 0 Å². The van der Waals surface area contributed by atoms with Crippen LogP contribution in [-0.4, -0.2) is 53.5 Å². The molecule has 0 aliphatic heterocycles. The van der Waals surface area contributed by atoms with Crippen molar-refractivity contribution in [1.82, 2.24) is 0 Å². The Balaban J connectivity index is 3.75. The summed E-state index contributed by atoms with van der Waals surface area (Å²) in [4.78, 5) is 10.6. The highest BCUT2D eigenvalue weighted by atomic mass is 16.4. The molecule has 32 heavy (non-hydrogen) atoms. The molecular formula is C28H58NO3+. The standard InChI is InChI=1S/C28H57NO3/c1-5-7-8-9-10-11-12-13-14-15-16-17-18-21-24-28(32,6-2)26-29(3,4)25-22-19-20-23-27(30)31/h32H,5-26H2,1-4H3/p+1. The van der Waals surface area contributed by atoms with Crippen LogP contribution in [0.2, 0.25) is 0 Å². The molecule has 2 N–H and O–H groups in total. The summed E-state index contributed by atoms with van der Waals surface area (Å²) in [5.41, 5.74) is -0.568. The van der Waals surface area contributed by atoms with E-state index in [1.807, 2.05) is 0 Å². The van der Waals surface area contributed by atoms with Crippen molar-refractivity contribution >= 4 is 5.97 Å². The minimum Gasteiger partial charge on any atom is -0.481 e. The van der Waals surface area contributed by atoms with Gasteiger partial charge in [-0.3, -0.25) is 4.79 Å². The molecule has 0 spiro atoms. The van der Waals surface area contributed by atoms with Gasteiger partial charge in [-0.05, 0) is 32.1 Å². The summed E-state index contributed by atoms with van der Waals surface area (Å²) in [6, 6.07) is 0. The van der Waals surface area contributed by atoms with Gasteiger partial charge in [0, 0.05) is 6.42 Å². The summed E-state index contributed by atoms with van der Waals surface area (Å²) in [6.07, 6.45) is 23.8. The minimum absolute atomic E-state index is 0.269. The third-order valence-electron chi connectivity index (χ3n) is 7.03. The Hall–Kier alpha value is -0.610. The highest BCUT2D eigenvalue weighted by molar-refractivity contribution is 5.66. The number of carboxylic acids is 1. The monoisotopic (exact) mass is 456 g/mol. The number of aliphatic carboxylic acids is 1. The number of unbranched alkanes of at least 4 members (excludes halogenated alkanes) is 15. The van der Waals surface area contributed by atoms with Crippen LogP contribution in [0.15, 0.2) is 0 Å². The molecule has 0 aromatic rings. The average molecular weight is 457 g/mol. The van der Waals surface area contributed by atoms with E-state index in [1.165, 1.54) is 83.5 Å². The van der Waals surface area contributed by atoms with E-state index in [4.69, 9.17) is 5.11 Å². The number of aliphatic hydroxyl groups is 1. The Morgan fingerprint density at radius 2 is 1.12 bits per heavy atom. The maximum absolute atomic E-state index is 11.1. The van der Waals surface area contributed by atoms with Crippen molar-refractivity contribution in [3.8, 4) is 0 Å². The largest absolute Gasteiger partial charge is 0.481 e. The Morgan fingerprint density at radius 1 is 0.688 bits per heavy atom. The van der Waals surface area contributed by atoms with Gasteiger partial charge in [0.15, 0.2) is 0 Å². The lowest BCUT2D eigenvalue weighted by Gasteiger charge is -2.38. The first kappa shape index (κ1) is 31.4. The quantitative estimate of drug-likeness (QED) is 0.115. The Bertz CT molecular complexity index is 438. The minimum atomic E-state index is -0.702. The normalized spacial score (nSPS) is 13.9. The van der Waals surface area contributed by atoms with Crippen LogP contribution in [0.25, 0.3) is 0 Å². The van der Waals surface area contributed by atoms with E-state index in [1.54, 1.807) is 0 Å². The molecule has 0 saturated carbocycles. The number of hydrogen-bond donors (Lipinski definition) is 2. The first-order valence-corrected chi connectivity index (χ1v) is 14.0. The first-order valence-electron chi connectivity index (χ1n) is 14.0. The summed E-state index contributed by atoms with van der Waals surface area (Å²) in [5.74, 6) is -0.702. The van der Waals surface area contributed by atoms with Crippen molar-refractivity contribution < 1.29 is 19.5 Å². The van der Waals surface area contributed by atoms with Crippen molar-refractivity contribution in [2.45, 2.75) is 148 Å². The summed E-state index contributed by atoms with van der Waals surface area (Å²) in [5, 5.41) is 19.9. The van der Waals surface area contributed by atoms with Gasteiger partial charge in [-0.1, -0.05) is 104 Å². The molecule has 0 aromatic heterocycles. The summed E-state index contributed by atoms with van der Waals surface area (Å²) >= 11 is 0. The zero-order chi connectivity index (χ0) is 24.1. The van der Waals surface area contributed by atoms with Gasteiger partial charge in [0.1, 0.15) is 12.1 Å². The molecule has 0 saturated heterocycles. The predicted molar refractivity (Wildman–Crippen MR) is 138 cm³/mol. The lowest BCUT2D eigenvalue weighted by atomic mass is 9.91. The average Bonchev–Trinajstić information content (AvgIpc) is 2.73. The second-order valence-electron chi connectivity index (χ2n) is 10.9. The number of rotatable bonds is 24. The molecule has 4 nitrogen and oxygen atoms in total. The van der Waals surface area contributed by atoms with Gasteiger partial charge in [-0.25, -0.2) is 0 Å². The van der Waals surface area contributed by atoms with Gasteiger partial charge >= 0.3 is 5.97 Å². The molecule has 1 atom stereocenters. The van der Waals surface area contributed by atoms with E-state index >= 15 is 0 Å². The van der Waals surface area contributed by atoms with E-state index < -0.39 is 11.6 Å². The Labute approximate surface area is 200 Å². The number of carboxylic acid groups (broad SMARTS) is 1. The van der Waals surface area contributed by atoms with Crippen LogP contribution < -0.4 is 0 Å². The third-order valence-corrected chi connectivity index (χ3v) is 7.03. The molecule has 0 heterocycles. The molecule has 0 rings (SSSR count). The maximum Gasteiger partial charge on any atom is 0.303 e. The van der Waals surface area contributed by atoms with Crippen molar-refractivity contribution in [3.05, 3.63) is 0 Å². The van der Waals surface area contributed by atoms with Crippen LogP contribution in [0.3, 0.4) is 0 Å². The second kappa shape index (κ2) is 19.8. The fourth-order valence-electron chi connectivity index (χ4n) is 4.88. The van der Waals surface area contributed by atoms with E-state index in [2.05, 4.69) is 27.9 Å². The number of nitrogens with zero attached hydrogens (tertiary/aromatic N) is 1. The van der Waals surface area contributed by atoms with Gasteiger partial charge in [-0.2, -0.15) is 0 Å². The molecule has 1 unspecified atom stereocenters. The van der Waals surface area contributed by atoms with E-state index in [-0.39, 0.29) is 6.42 Å². The van der Waals surface area contributed by atoms with Crippen LogP contribution in [0.1, 0.15) is 142 Å². The van der Waals surface area contributed by atoms with Crippen LogP contribution in [0, 0.1) is 0 Å². The van der Waals surface area contributed by atoms with Crippen LogP contribution in [0.4, 0.5) is 0 Å². The SMILES string of the molecule is CCCCCCCCCCCCCCCCC(O)(CC)C[N+](C)(C)CCCCCC(=O)O. The maximum atomic E-state index is 11.1. The predicted octanol–water partition coefficient (Wildman–Crippen LogP) is 7.72. The van der Waals surface area contributed by atoms with Gasteiger partial charge in [0.05, 0.1) is 20.6 Å². The smallest absolute Gasteiger partial charge is 0.303 e. The Kier molecular flexibility index (Phi) is 19.4. The molecule has 0 aliphatic rings. The molecule has 0 aromatic carbocycles. The van der Waals surface area contributed by atoms with Gasteiger partial charge < -0.3 is 14.7 Å². The van der Waals surface area contributed by atoms with E-state index in [0.717, 1.165) is 56.1 Å². The fourth-order valence-corrected chi connectivity index (χ4v) is 4.88. The molecular weight excluding hydrogens is 398 g/mol. The van der Waals surface area contributed by atoms with Gasteiger partial charge in [0.25, 0.3) is 0 Å². The van der Waals surface area contributed by atoms with Crippen LogP contribution >= 0.6 is 0 Å². The van der Waals surface area contributed by atoms with Crippen molar-refractivity contribution in [2.75, 3.05) is 27.2 Å². The zero-order valence-electron chi connectivity index (χ0n) is 22.3. The summed E-state index contributed by atoms with van der Waals surface area (Å²) < 4.78 is 0.815. The topological polar surface area (TPSA) is 57.5 Å². The lowest BCUT2D eigenvalue weighted by Crippen LogP contribution is -2.52. The van der Waals surface area contributed by atoms with Crippen molar-refractivity contribution in [3.63, 3.8) is 0 Å². The lowest BCUT2D eigenvalue weighted by molar-refractivity contribution is -0.897. The summed E-state index contributed by atoms with van der Waals surface area (Å²) in [6.45, 7) is 6.18. The van der Waals surface area contributed by atoms with E-state index in [0.29, 0.717) is 0 Å².